The third-order valence-corrected chi connectivity index (χ3v) is 33.6. The topological polar surface area (TPSA) is 200 Å². The smallest absolute Gasteiger partial charge is 0.462 e. The molecular formula is C63H134O20Si8. The zero-order valence-corrected chi connectivity index (χ0v) is 69.9. The van der Waals surface area contributed by atoms with Gasteiger partial charge in [-0.3, -0.25) is 0 Å². The van der Waals surface area contributed by atoms with Crippen molar-refractivity contribution in [3.63, 3.8) is 0 Å². The normalized spacial score (nSPS) is 11.3. The third-order valence-electron chi connectivity index (χ3n) is 12.0. The summed E-state index contributed by atoms with van der Waals surface area (Å²) in [6.07, 6.45) is 8.39. The molecule has 0 amide bonds. The molecule has 0 heterocycles. The number of allylic oxidation sites excluding steroid dienone is 4. The Hall–Kier alpha value is -2.56. The van der Waals surface area contributed by atoms with Gasteiger partial charge in [-0.2, -0.15) is 0 Å². The van der Waals surface area contributed by atoms with Gasteiger partial charge in [-0.15, -0.1) is 52.6 Å². The quantitative estimate of drug-likeness (QED) is 0.0183. The number of carbonyl (C=O) groups excluding carboxylic acids is 2. The largest absolute Gasteiger partial charge is 0.540 e. The first-order valence-electron chi connectivity index (χ1n) is 30.9. The van der Waals surface area contributed by atoms with Gasteiger partial charge >= 0.3 is 63.8 Å². The zero-order valence-electron chi connectivity index (χ0n) is 61.9. The molecule has 0 spiro atoms. The van der Waals surface area contributed by atoms with Crippen LogP contribution in [0.2, 0.25) is 69.5 Å². The van der Waals surface area contributed by atoms with Gasteiger partial charge in [0.15, 0.2) is 6.23 Å². The molecule has 0 aromatic heterocycles. The Balaban J connectivity index is -0.000000147. The first kappa shape index (κ1) is 104. The highest BCUT2D eigenvalue weighted by molar-refractivity contribution is 6.76. The average molecular weight is 1440 g/mol. The summed E-state index contributed by atoms with van der Waals surface area (Å²) in [4.78, 5) is 22.5. The highest BCUT2D eigenvalue weighted by Crippen LogP contribution is 2.24. The summed E-state index contributed by atoms with van der Waals surface area (Å²) < 4.78 is 95.6. The Bertz CT molecular complexity index is 1800. The molecule has 0 radical (unpaired) electrons. The molecule has 538 valence electrons. The number of hydrogen-bond donors (Lipinski definition) is 0. The van der Waals surface area contributed by atoms with Crippen LogP contribution >= 0.6 is 0 Å². The Labute approximate surface area is 565 Å². The summed E-state index contributed by atoms with van der Waals surface area (Å²) in [6.45, 7) is 75.4. The SMILES string of the molecule is C=C(C)C(=O)OCCC[Si](C)(OCC)OCC.C=C(C)C(=O)OC[Si](OCC)(OCC)OCC.C=CC[Si](CC=C)(CC=C)OCC.C=CC[Si](OC)(OC)OC.C=C[Si](C)(C)OCC.C=C[Si](C)(OC)OC.C=C[Si](C)(OC)OC.C=C[Si](C)(OCC)OCC. The summed E-state index contributed by atoms with van der Waals surface area (Å²) in [5.41, 5.74) is 8.01. The van der Waals surface area contributed by atoms with E-state index in [1.165, 1.54) is 0 Å². The maximum Gasteiger partial charge on any atom is 0.540 e. The predicted molar refractivity (Wildman–Crippen MR) is 397 cm³/mol. The minimum atomic E-state index is -2.89. The molecule has 0 saturated carbocycles. The van der Waals surface area contributed by atoms with Gasteiger partial charge in [0, 0.05) is 126 Å². The van der Waals surface area contributed by atoms with E-state index >= 15 is 0 Å². The van der Waals surface area contributed by atoms with E-state index in [4.69, 9.17) is 80.3 Å². The molecule has 91 heavy (non-hydrogen) atoms. The third kappa shape index (κ3) is 58.5. The van der Waals surface area contributed by atoms with Crippen molar-refractivity contribution in [1.82, 2.24) is 0 Å². The first-order valence-corrected chi connectivity index (χ1v) is 49.9. The lowest BCUT2D eigenvalue weighted by atomic mass is 10.4. The van der Waals surface area contributed by atoms with Crippen LogP contribution in [0.1, 0.15) is 82.6 Å². The van der Waals surface area contributed by atoms with Crippen molar-refractivity contribution in [3.8, 4) is 0 Å². The van der Waals surface area contributed by atoms with E-state index in [1.54, 1.807) is 86.8 Å². The second-order valence-corrected chi connectivity index (χ2v) is 46.0. The van der Waals surface area contributed by atoms with Gasteiger partial charge in [-0.05, 0) is 163 Å². The monoisotopic (exact) mass is 1430 g/mol. The number of hydrogen-bond acceptors (Lipinski definition) is 20. The lowest BCUT2D eigenvalue weighted by molar-refractivity contribution is -0.139. The lowest BCUT2D eigenvalue weighted by Crippen LogP contribution is -2.51. The van der Waals surface area contributed by atoms with Crippen LogP contribution in [0, 0.1) is 0 Å². The van der Waals surface area contributed by atoms with E-state index in [9.17, 15) is 9.59 Å². The maximum absolute atomic E-state index is 11.3. The van der Waals surface area contributed by atoms with E-state index in [-0.39, 0.29) is 12.2 Å². The van der Waals surface area contributed by atoms with Crippen molar-refractivity contribution in [3.05, 3.63) is 124 Å². The van der Waals surface area contributed by atoms with Crippen LogP contribution in [0.25, 0.3) is 0 Å². The number of esters is 2. The van der Waals surface area contributed by atoms with Crippen molar-refractivity contribution in [2.45, 2.75) is 152 Å². The van der Waals surface area contributed by atoms with Crippen LogP contribution in [-0.2, 0) is 89.9 Å². The van der Waals surface area contributed by atoms with Gasteiger partial charge in [0.05, 0.1) is 6.61 Å². The summed E-state index contributed by atoms with van der Waals surface area (Å²) in [5.74, 6) is -0.790. The van der Waals surface area contributed by atoms with Gasteiger partial charge in [-0.25, -0.2) is 9.59 Å². The summed E-state index contributed by atoms with van der Waals surface area (Å²) in [5, 5.41) is 0. The second kappa shape index (κ2) is 64.8. The highest BCUT2D eigenvalue weighted by Gasteiger charge is 2.43. The molecule has 0 aromatic rings. The van der Waals surface area contributed by atoms with Crippen LogP contribution in [0.5, 0.6) is 0 Å². The summed E-state index contributed by atoms with van der Waals surface area (Å²) in [6, 6.07) is 4.44. The molecule has 0 saturated heterocycles. The lowest BCUT2D eigenvalue weighted by Gasteiger charge is -2.27. The van der Waals surface area contributed by atoms with Crippen molar-refractivity contribution in [2.24, 2.45) is 0 Å². The predicted octanol–water partition coefficient (Wildman–Crippen LogP) is 14.9. The van der Waals surface area contributed by atoms with E-state index in [0.29, 0.717) is 70.0 Å². The molecule has 0 aliphatic rings. The maximum atomic E-state index is 11.3. The molecule has 0 unspecified atom stereocenters. The minimum Gasteiger partial charge on any atom is -0.462 e. The van der Waals surface area contributed by atoms with Crippen LogP contribution in [0.15, 0.2) is 124 Å². The average Bonchev–Trinajstić information content (AvgIpc) is 2.47. The van der Waals surface area contributed by atoms with E-state index in [2.05, 4.69) is 78.9 Å². The molecule has 0 fully saturated rings. The van der Waals surface area contributed by atoms with Crippen molar-refractivity contribution in [1.29, 1.82) is 0 Å². The summed E-state index contributed by atoms with van der Waals surface area (Å²) >= 11 is 0. The Morgan fingerprint density at radius 1 is 0.363 bits per heavy atom. The Morgan fingerprint density at radius 3 is 0.879 bits per heavy atom. The van der Waals surface area contributed by atoms with E-state index in [1.807, 2.05) is 112 Å². The zero-order chi connectivity index (χ0) is 72.7. The molecule has 0 bridgehead atoms. The van der Waals surface area contributed by atoms with Gasteiger partial charge in [0.1, 0.15) is 0 Å². The van der Waals surface area contributed by atoms with Gasteiger partial charge in [0.25, 0.3) is 0 Å². The molecule has 0 aliphatic heterocycles. The van der Waals surface area contributed by atoms with Crippen molar-refractivity contribution < 1.29 is 89.9 Å². The number of ether oxygens (including phenoxy) is 2. The second-order valence-electron chi connectivity index (χ2n) is 19.8. The van der Waals surface area contributed by atoms with Crippen LogP contribution in [-0.4, -0.2) is 202 Å². The van der Waals surface area contributed by atoms with Crippen LogP contribution in [0.3, 0.4) is 0 Å². The molecule has 0 rings (SSSR count). The van der Waals surface area contributed by atoms with E-state index in [0.717, 1.165) is 43.8 Å². The molecule has 28 heteroatoms. The molecular weight excluding hydrogens is 1300 g/mol. The fourth-order valence-corrected chi connectivity index (χ4v) is 18.8. The van der Waals surface area contributed by atoms with Gasteiger partial charge in [0.2, 0.25) is 16.6 Å². The highest BCUT2D eigenvalue weighted by atomic mass is 28.4. The van der Waals surface area contributed by atoms with Crippen molar-refractivity contribution >= 4 is 80.4 Å². The minimum absolute atomic E-state index is 0.0220. The molecule has 0 N–H and O–H groups in total. The number of rotatable bonds is 45. The molecule has 0 aromatic carbocycles. The molecule has 20 nitrogen and oxygen atoms in total. The molecule has 0 aliphatic carbocycles. The fourth-order valence-electron chi connectivity index (χ4n) is 6.53. The molecule has 0 atom stereocenters. The van der Waals surface area contributed by atoms with Crippen molar-refractivity contribution in [2.75, 3.05) is 122 Å². The standard InChI is InChI=1S/C12H24O4Si.C11H22O5Si.C11H20OSi.C7H16O2Si.C6H14O3Si.C6H14OSi.2C5H12O2Si/c1-6-15-17(5,16-7-2)10-8-9-14-12(13)11(3)4;1-6-14-17(15-7-2,16-8-3)9-13-11(12)10(4)5;1-5-9-13(10-6-2,11-7-3)12-8-4;1-5-8-10(4,7-3)9-6-2;1-5-6-10(7-2,8-3)9-4;1-5-7-8(3,4)6-2;2*1-5-8(4,6-2)7-3/h3,6-10H2,1-2,4-5H3;4,6-9H2,1-3,5H3;5-7H,1-3,8-11H2,4H3;7H,3,5-6H2,1-2,4H3;5H,1,6H2,2-4H3;6H,2,5H2,1,3-4H3;2*5H,1H2,2-4H3. The van der Waals surface area contributed by atoms with E-state index < -0.39 is 74.5 Å². The van der Waals surface area contributed by atoms with Crippen LogP contribution in [0.4, 0.5) is 0 Å². The summed E-state index contributed by atoms with van der Waals surface area (Å²) in [7, 11) is -4.82. The fraction of sp³-hybridized carbons (Fsp3) is 0.651. The first-order chi connectivity index (χ1) is 42.6. The Morgan fingerprint density at radius 2 is 0.670 bits per heavy atom. The van der Waals surface area contributed by atoms with Gasteiger partial charge < -0.3 is 80.3 Å². The Kier molecular flexibility index (Phi) is 74.4. The van der Waals surface area contributed by atoms with Crippen LogP contribution < -0.4 is 0 Å². The van der Waals surface area contributed by atoms with Gasteiger partial charge in [-0.1, -0.05) is 43.2 Å². The number of carbonyl (C=O) groups is 2.